The number of hydrogen-bond acceptors (Lipinski definition) is 8. The van der Waals surface area contributed by atoms with Crippen LogP contribution in [0.5, 0.6) is 0 Å². The first-order valence-corrected chi connectivity index (χ1v) is 9.40. The maximum atomic E-state index is 11.4. The molecule has 2 aliphatic heterocycles. The number of thiophene rings is 1. The van der Waals surface area contributed by atoms with Gasteiger partial charge in [-0.2, -0.15) is 0 Å². The van der Waals surface area contributed by atoms with E-state index >= 15 is 0 Å². The lowest BCUT2D eigenvalue weighted by Crippen LogP contribution is -2.52. The molecule has 0 bridgehead atoms. The molecule has 2 saturated heterocycles. The Hall–Kier alpha value is -2.00. The Balaban J connectivity index is 1.26. The summed E-state index contributed by atoms with van der Waals surface area (Å²) in [7, 11) is 0. The average molecular weight is 377 g/mol. The largest absolute Gasteiger partial charge is 0.422 e. The monoisotopic (exact) mass is 377 g/mol. The summed E-state index contributed by atoms with van der Waals surface area (Å²) in [4.78, 5) is 24.4. The maximum Gasteiger partial charge on any atom is 0.422 e. The molecule has 8 heteroatoms. The highest BCUT2D eigenvalue weighted by Gasteiger charge is 2.61. The zero-order valence-corrected chi connectivity index (χ0v) is 14.9. The van der Waals surface area contributed by atoms with Crippen molar-refractivity contribution < 1.29 is 28.9 Å². The minimum atomic E-state index is -1.68. The summed E-state index contributed by atoms with van der Waals surface area (Å²) in [5.41, 5.74) is 1.21. The summed E-state index contributed by atoms with van der Waals surface area (Å²) >= 11 is 1.72. The molecule has 7 nitrogen and oxygen atoms in total. The normalized spacial score (nSPS) is 22.3. The number of nitrogens with zero attached hydrogens (tertiary/aromatic N) is 1. The number of fused-ring (bicyclic) bond motifs is 1. The Labute approximate surface area is 154 Å². The van der Waals surface area contributed by atoms with E-state index in [-0.39, 0.29) is 0 Å². The molecule has 0 saturated carbocycles. The van der Waals surface area contributed by atoms with Crippen molar-refractivity contribution >= 4 is 33.4 Å². The molecule has 1 N–H and O–H groups in total. The van der Waals surface area contributed by atoms with Crippen LogP contribution in [0.2, 0.25) is 0 Å². The highest BCUT2D eigenvalue weighted by atomic mass is 32.1. The maximum absolute atomic E-state index is 11.4. The number of ether oxygens (including phenoxy) is 3. The van der Waals surface area contributed by atoms with Gasteiger partial charge < -0.3 is 19.3 Å². The van der Waals surface area contributed by atoms with Crippen LogP contribution < -0.4 is 0 Å². The van der Waals surface area contributed by atoms with Gasteiger partial charge in [0.15, 0.2) is 0 Å². The number of hydrogen-bond donors (Lipinski definition) is 1. The fourth-order valence-electron chi connectivity index (χ4n) is 3.35. The Bertz CT molecular complexity index is 818. The van der Waals surface area contributed by atoms with Gasteiger partial charge in [0.25, 0.3) is 0 Å². The molecule has 2 fully saturated rings. The molecule has 1 aromatic carbocycles. The minimum absolute atomic E-state index is 0.362. The van der Waals surface area contributed by atoms with Crippen LogP contribution in [0.3, 0.4) is 0 Å². The molecule has 2 aromatic rings. The SMILES string of the molecule is O=C1OC2(OC1=O)[C@H](O)CCN2CCOCCc1ccc2ccsc2c1. The van der Waals surface area contributed by atoms with E-state index in [2.05, 4.69) is 29.6 Å². The van der Waals surface area contributed by atoms with Gasteiger partial charge in [0.1, 0.15) is 6.10 Å². The minimum Gasteiger partial charge on any atom is -0.397 e. The van der Waals surface area contributed by atoms with Crippen LogP contribution in [-0.4, -0.2) is 60.3 Å². The number of aliphatic hydroxyl groups excluding tert-OH is 1. The van der Waals surface area contributed by atoms with E-state index in [1.165, 1.54) is 15.6 Å². The molecule has 0 amide bonds. The van der Waals surface area contributed by atoms with Gasteiger partial charge in [0, 0.05) is 17.8 Å². The van der Waals surface area contributed by atoms with Gasteiger partial charge in [-0.3, -0.25) is 0 Å². The first-order chi connectivity index (χ1) is 12.6. The summed E-state index contributed by atoms with van der Waals surface area (Å²) < 4.78 is 17.0. The lowest BCUT2D eigenvalue weighted by atomic mass is 10.1. The number of aliphatic hydroxyl groups is 1. The van der Waals surface area contributed by atoms with Crippen molar-refractivity contribution in [2.24, 2.45) is 0 Å². The molecule has 0 radical (unpaired) electrons. The van der Waals surface area contributed by atoms with Gasteiger partial charge in [-0.1, -0.05) is 12.1 Å². The molecule has 26 heavy (non-hydrogen) atoms. The summed E-state index contributed by atoms with van der Waals surface area (Å²) in [5.74, 6) is -3.82. The molecular formula is C18H19NO6S. The number of carbonyl (C=O) groups excluding carboxylic acids is 2. The van der Waals surface area contributed by atoms with E-state index in [9.17, 15) is 14.7 Å². The quantitative estimate of drug-likeness (QED) is 0.461. The van der Waals surface area contributed by atoms with Crippen LogP contribution in [0.25, 0.3) is 10.1 Å². The molecule has 3 heterocycles. The van der Waals surface area contributed by atoms with E-state index in [0.717, 1.165) is 6.42 Å². The zero-order chi connectivity index (χ0) is 18.1. The summed E-state index contributed by atoms with van der Waals surface area (Å²) in [6.45, 7) is 1.78. The molecule has 0 aliphatic carbocycles. The molecule has 0 unspecified atom stereocenters. The predicted molar refractivity (Wildman–Crippen MR) is 93.5 cm³/mol. The van der Waals surface area contributed by atoms with Crippen molar-refractivity contribution in [3.8, 4) is 0 Å². The van der Waals surface area contributed by atoms with Crippen LogP contribution in [0, 0.1) is 0 Å². The van der Waals surface area contributed by atoms with Gasteiger partial charge in [0.05, 0.1) is 13.2 Å². The third-order valence-corrected chi connectivity index (χ3v) is 5.62. The fraction of sp³-hybridized carbons (Fsp3) is 0.444. The van der Waals surface area contributed by atoms with Crippen molar-refractivity contribution in [3.63, 3.8) is 0 Å². The van der Waals surface area contributed by atoms with Gasteiger partial charge in [-0.05, 0) is 41.3 Å². The highest BCUT2D eigenvalue weighted by molar-refractivity contribution is 7.17. The molecular weight excluding hydrogens is 358 g/mol. The fourth-order valence-corrected chi connectivity index (χ4v) is 4.20. The van der Waals surface area contributed by atoms with Crippen molar-refractivity contribution in [3.05, 3.63) is 35.2 Å². The van der Waals surface area contributed by atoms with Gasteiger partial charge in [-0.25, -0.2) is 14.5 Å². The molecule has 4 rings (SSSR count). The number of esters is 2. The predicted octanol–water partition coefficient (Wildman–Crippen LogP) is 1.28. The van der Waals surface area contributed by atoms with E-state index < -0.39 is 24.0 Å². The lowest BCUT2D eigenvalue weighted by Gasteiger charge is -2.32. The number of carbonyl (C=O) groups is 2. The molecule has 1 spiro atoms. The molecule has 138 valence electrons. The second kappa shape index (κ2) is 6.96. The van der Waals surface area contributed by atoms with Crippen LogP contribution in [0.15, 0.2) is 29.6 Å². The Morgan fingerprint density at radius 3 is 2.85 bits per heavy atom. The van der Waals surface area contributed by atoms with Crippen LogP contribution in [0.1, 0.15) is 12.0 Å². The van der Waals surface area contributed by atoms with Crippen molar-refractivity contribution in [1.29, 1.82) is 0 Å². The first-order valence-electron chi connectivity index (χ1n) is 8.52. The third kappa shape index (κ3) is 3.09. The van der Waals surface area contributed by atoms with E-state index in [1.807, 2.05) is 0 Å². The Morgan fingerprint density at radius 2 is 2.04 bits per heavy atom. The smallest absolute Gasteiger partial charge is 0.397 e. The Kier molecular flexibility index (Phi) is 4.66. The number of likely N-dealkylation sites (tertiary alicyclic amines) is 1. The number of rotatable bonds is 6. The Morgan fingerprint density at radius 1 is 1.23 bits per heavy atom. The second-order valence-corrected chi connectivity index (χ2v) is 7.30. The molecule has 1 atom stereocenters. The zero-order valence-electron chi connectivity index (χ0n) is 14.1. The average Bonchev–Trinajstić information content (AvgIpc) is 3.29. The van der Waals surface area contributed by atoms with Crippen LogP contribution >= 0.6 is 11.3 Å². The standard InChI is InChI=1S/C18H19NO6S/c20-15-3-6-19(18(15)24-16(21)17(22)25-18)7-9-23-8-4-12-1-2-13-5-10-26-14(13)11-12/h1-2,5,10-11,15,20H,3-4,6-9H2/t15-/m1/s1. The van der Waals surface area contributed by atoms with Crippen LogP contribution in [-0.2, 0) is 30.2 Å². The topological polar surface area (TPSA) is 85.3 Å². The summed E-state index contributed by atoms with van der Waals surface area (Å²) in [6, 6.07) is 8.48. The molecule has 2 aliphatic rings. The second-order valence-electron chi connectivity index (χ2n) is 6.36. The summed E-state index contributed by atoms with van der Waals surface area (Å²) in [6.07, 6.45) is 0.114. The lowest BCUT2D eigenvalue weighted by molar-refractivity contribution is -0.269. The van der Waals surface area contributed by atoms with E-state index in [0.29, 0.717) is 32.7 Å². The molecule has 1 aromatic heterocycles. The summed E-state index contributed by atoms with van der Waals surface area (Å²) in [5, 5.41) is 13.4. The van der Waals surface area contributed by atoms with Crippen molar-refractivity contribution in [1.82, 2.24) is 4.90 Å². The highest BCUT2D eigenvalue weighted by Crippen LogP contribution is 2.36. The van der Waals surface area contributed by atoms with Gasteiger partial charge >= 0.3 is 17.8 Å². The third-order valence-electron chi connectivity index (χ3n) is 4.74. The van der Waals surface area contributed by atoms with Crippen molar-refractivity contribution in [2.45, 2.75) is 24.9 Å². The van der Waals surface area contributed by atoms with E-state index in [4.69, 9.17) is 14.2 Å². The van der Waals surface area contributed by atoms with E-state index in [1.54, 1.807) is 16.2 Å². The first kappa shape index (κ1) is 17.4. The number of benzene rings is 1. The van der Waals surface area contributed by atoms with Gasteiger partial charge in [-0.15, -0.1) is 11.3 Å². The van der Waals surface area contributed by atoms with Gasteiger partial charge in [0.2, 0.25) is 0 Å². The van der Waals surface area contributed by atoms with Crippen molar-refractivity contribution in [2.75, 3.05) is 26.3 Å². The van der Waals surface area contributed by atoms with Crippen LogP contribution in [0.4, 0.5) is 0 Å².